The Morgan fingerprint density at radius 1 is 1.00 bits per heavy atom. The topological polar surface area (TPSA) is 36.7 Å². The van der Waals surface area contributed by atoms with Gasteiger partial charge in [-0.2, -0.15) is 0 Å². The SMILES string of the molecule is O=C(c1ccoc1)N1CCN(c2ccccc2)CC1. The molecule has 0 atom stereocenters. The summed E-state index contributed by atoms with van der Waals surface area (Å²) in [6.07, 6.45) is 3.04. The van der Waals surface area contributed by atoms with Gasteiger partial charge >= 0.3 is 0 Å². The number of carbonyl (C=O) groups excluding carboxylic acids is 1. The van der Waals surface area contributed by atoms with Crippen molar-refractivity contribution in [3.63, 3.8) is 0 Å². The predicted octanol–water partition coefficient (Wildman–Crippen LogP) is 2.24. The Hall–Kier alpha value is -2.23. The predicted molar refractivity (Wildman–Crippen MR) is 73.3 cm³/mol. The van der Waals surface area contributed by atoms with Crippen molar-refractivity contribution in [3.05, 3.63) is 54.5 Å². The number of furan rings is 1. The summed E-state index contributed by atoms with van der Waals surface area (Å²) in [6, 6.07) is 12.0. The third kappa shape index (κ3) is 2.47. The van der Waals surface area contributed by atoms with Crippen molar-refractivity contribution in [1.82, 2.24) is 4.90 Å². The van der Waals surface area contributed by atoms with Crippen LogP contribution in [0, 0.1) is 0 Å². The number of nitrogens with zero attached hydrogens (tertiary/aromatic N) is 2. The van der Waals surface area contributed by atoms with Crippen LogP contribution in [-0.2, 0) is 0 Å². The fourth-order valence-electron chi connectivity index (χ4n) is 2.38. The summed E-state index contributed by atoms with van der Waals surface area (Å²) in [5.74, 6) is 0.0569. The lowest BCUT2D eigenvalue weighted by Gasteiger charge is -2.36. The minimum Gasteiger partial charge on any atom is -0.472 e. The smallest absolute Gasteiger partial charge is 0.257 e. The molecule has 0 unspecified atom stereocenters. The molecule has 1 saturated heterocycles. The van der Waals surface area contributed by atoms with E-state index >= 15 is 0 Å². The Labute approximate surface area is 112 Å². The van der Waals surface area contributed by atoms with Crippen LogP contribution in [0.2, 0.25) is 0 Å². The lowest BCUT2D eigenvalue weighted by atomic mass is 10.2. The Morgan fingerprint density at radius 3 is 2.37 bits per heavy atom. The quantitative estimate of drug-likeness (QED) is 0.827. The van der Waals surface area contributed by atoms with Crippen molar-refractivity contribution in [2.24, 2.45) is 0 Å². The van der Waals surface area contributed by atoms with Crippen LogP contribution < -0.4 is 4.90 Å². The molecule has 1 fully saturated rings. The molecule has 0 saturated carbocycles. The summed E-state index contributed by atoms with van der Waals surface area (Å²) in [6.45, 7) is 3.24. The summed E-state index contributed by atoms with van der Waals surface area (Å²) in [7, 11) is 0. The summed E-state index contributed by atoms with van der Waals surface area (Å²) in [5.41, 5.74) is 1.85. The van der Waals surface area contributed by atoms with E-state index in [1.54, 1.807) is 6.07 Å². The maximum Gasteiger partial charge on any atom is 0.257 e. The number of anilines is 1. The molecule has 1 amide bonds. The molecule has 4 heteroatoms. The highest BCUT2D eigenvalue weighted by atomic mass is 16.3. The summed E-state index contributed by atoms with van der Waals surface area (Å²) >= 11 is 0. The third-order valence-electron chi connectivity index (χ3n) is 3.46. The van der Waals surface area contributed by atoms with Crippen molar-refractivity contribution in [2.75, 3.05) is 31.1 Å². The second-order valence-corrected chi connectivity index (χ2v) is 4.63. The van der Waals surface area contributed by atoms with E-state index in [1.165, 1.54) is 18.2 Å². The molecule has 3 rings (SSSR count). The molecule has 1 aromatic heterocycles. The number of hydrogen-bond donors (Lipinski definition) is 0. The number of para-hydroxylation sites is 1. The lowest BCUT2D eigenvalue weighted by Crippen LogP contribution is -2.48. The molecule has 0 spiro atoms. The van der Waals surface area contributed by atoms with Crippen molar-refractivity contribution >= 4 is 11.6 Å². The second kappa shape index (κ2) is 5.18. The van der Waals surface area contributed by atoms with Crippen LogP contribution in [-0.4, -0.2) is 37.0 Å². The van der Waals surface area contributed by atoms with Gasteiger partial charge in [0.25, 0.3) is 5.91 Å². The molecule has 0 aliphatic carbocycles. The maximum absolute atomic E-state index is 12.2. The Kier molecular flexibility index (Phi) is 3.23. The van der Waals surface area contributed by atoms with E-state index in [-0.39, 0.29) is 5.91 Å². The summed E-state index contributed by atoms with van der Waals surface area (Å²) in [5, 5.41) is 0. The number of benzene rings is 1. The first-order valence-electron chi connectivity index (χ1n) is 6.46. The molecular formula is C15H16N2O2. The standard InChI is InChI=1S/C15H16N2O2/c18-15(13-6-11-19-12-13)17-9-7-16(8-10-17)14-4-2-1-3-5-14/h1-6,11-12H,7-10H2. The lowest BCUT2D eigenvalue weighted by molar-refractivity contribution is 0.0746. The maximum atomic E-state index is 12.2. The van der Waals surface area contributed by atoms with Crippen LogP contribution in [0.25, 0.3) is 0 Å². The molecule has 0 radical (unpaired) electrons. The van der Waals surface area contributed by atoms with Gasteiger partial charge < -0.3 is 14.2 Å². The van der Waals surface area contributed by atoms with Crippen LogP contribution in [0.3, 0.4) is 0 Å². The Morgan fingerprint density at radius 2 is 1.74 bits per heavy atom. The second-order valence-electron chi connectivity index (χ2n) is 4.63. The van der Waals surface area contributed by atoms with Gasteiger partial charge in [0.2, 0.25) is 0 Å². The van der Waals surface area contributed by atoms with Crippen LogP contribution in [0.15, 0.2) is 53.3 Å². The largest absolute Gasteiger partial charge is 0.472 e. The van der Waals surface area contributed by atoms with E-state index in [4.69, 9.17) is 4.42 Å². The monoisotopic (exact) mass is 256 g/mol. The number of carbonyl (C=O) groups is 1. The van der Waals surface area contributed by atoms with Crippen molar-refractivity contribution < 1.29 is 9.21 Å². The molecule has 2 heterocycles. The van der Waals surface area contributed by atoms with Gasteiger partial charge in [-0.15, -0.1) is 0 Å². The van der Waals surface area contributed by atoms with E-state index in [0.29, 0.717) is 5.56 Å². The van der Waals surface area contributed by atoms with Gasteiger partial charge in [0.05, 0.1) is 11.8 Å². The highest BCUT2D eigenvalue weighted by Gasteiger charge is 2.22. The molecule has 19 heavy (non-hydrogen) atoms. The zero-order valence-electron chi connectivity index (χ0n) is 10.7. The average Bonchev–Trinajstić information content (AvgIpc) is 3.02. The zero-order valence-corrected chi connectivity index (χ0v) is 10.7. The minimum absolute atomic E-state index is 0.0569. The Bertz CT molecular complexity index is 529. The molecule has 0 bridgehead atoms. The van der Waals surface area contributed by atoms with Gasteiger partial charge in [-0.1, -0.05) is 18.2 Å². The summed E-state index contributed by atoms with van der Waals surface area (Å²) in [4.78, 5) is 16.3. The van der Waals surface area contributed by atoms with Gasteiger partial charge in [-0.3, -0.25) is 4.79 Å². The highest BCUT2D eigenvalue weighted by molar-refractivity contribution is 5.94. The van der Waals surface area contributed by atoms with E-state index in [2.05, 4.69) is 17.0 Å². The summed E-state index contributed by atoms with van der Waals surface area (Å²) < 4.78 is 4.96. The van der Waals surface area contributed by atoms with Crippen LogP contribution in [0.5, 0.6) is 0 Å². The first-order chi connectivity index (χ1) is 9.34. The van der Waals surface area contributed by atoms with E-state index < -0.39 is 0 Å². The number of amides is 1. The normalized spacial score (nSPS) is 15.6. The molecule has 1 aliphatic heterocycles. The zero-order chi connectivity index (χ0) is 13.1. The van der Waals surface area contributed by atoms with Crippen molar-refractivity contribution in [1.29, 1.82) is 0 Å². The molecule has 1 aromatic carbocycles. The number of hydrogen-bond acceptors (Lipinski definition) is 3. The van der Waals surface area contributed by atoms with Crippen LogP contribution in [0.4, 0.5) is 5.69 Å². The van der Waals surface area contributed by atoms with Gasteiger partial charge in [0.15, 0.2) is 0 Å². The van der Waals surface area contributed by atoms with Crippen molar-refractivity contribution in [2.45, 2.75) is 0 Å². The molecule has 0 N–H and O–H groups in total. The first kappa shape index (κ1) is 11.8. The van der Waals surface area contributed by atoms with Gasteiger partial charge in [-0.25, -0.2) is 0 Å². The average molecular weight is 256 g/mol. The number of rotatable bonds is 2. The molecular weight excluding hydrogens is 240 g/mol. The van der Waals surface area contributed by atoms with Gasteiger partial charge in [0, 0.05) is 31.9 Å². The molecule has 2 aromatic rings. The molecule has 98 valence electrons. The van der Waals surface area contributed by atoms with Gasteiger partial charge in [0.1, 0.15) is 6.26 Å². The fraction of sp³-hybridized carbons (Fsp3) is 0.267. The van der Waals surface area contributed by atoms with Crippen molar-refractivity contribution in [3.8, 4) is 0 Å². The van der Waals surface area contributed by atoms with E-state index in [9.17, 15) is 4.79 Å². The molecule has 1 aliphatic rings. The van der Waals surface area contributed by atoms with Crippen LogP contribution in [0.1, 0.15) is 10.4 Å². The first-order valence-corrected chi connectivity index (χ1v) is 6.46. The van der Waals surface area contributed by atoms with E-state index in [0.717, 1.165) is 26.2 Å². The molecule has 4 nitrogen and oxygen atoms in total. The third-order valence-corrected chi connectivity index (χ3v) is 3.46. The number of piperazine rings is 1. The van der Waals surface area contributed by atoms with E-state index in [1.807, 2.05) is 23.1 Å². The van der Waals surface area contributed by atoms with Gasteiger partial charge in [-0.05, 0) is 18.2 Å². The minimum atomic E-state index is 0.0569. The van der Waals surface area contributed by atoms with Crippen LogP contribution >= 0.6 is 0 Å². The highest BCUT2D eigenvalue weighted by Crippen LogP contribution is 2.16. The fourth-order valence-corrected chi connectivity index (χ4v) is 2.38. The Balaban J connectivity index is 1.62.